The molecule has 0 saturated heterocycles. The molecule has 1 aromatic rings. The van der Waals surface area contributed by atoms with Gasteiger partial charge in [-0.05, 0) is 31.2 Å². The van der Waals surface area contributed by atoms with Crippen LogP contribution >= 0.6 is 0 Å². The Bertz CT molecular complexity index is 498. The predicted octanol–water partition coefficient (Wildman–Crippen LogP) is 0.779. The third kappa shape index (κ3) is 4.60. The Labute approximate surface area is 116 Å². The largest absolute Gasteiger partial charge is 0.462 e. The van der Waals surface area contributed by atoms with E-state index < -0.39 is 18.0 Å². The third-order valence-corrected chi connectivity index (χ3v) is 2.34. The van der Waals surface area contributed by atoms with Crippen molar-refractivity contribution >= 4 is 18.0 Å². The van der Waals surface area contributed by atoms with Crippen molar-refractivity contribution in [3.05, 3.63) is 29.8 Å². The number of amides is 2. The van der Waals surface area contributed by atoms with Crippen LogP contribution in [0.3, 0.4) is 0 Å². The van der Waals surface area contributed by atoms with E-state index in [1.807, 2.05) is 0 Å². The smallest absolute Gasteiger partial charge is 0.338 e. The summed E-state index contributed by atoms with van der Waals surface area (Å²) in [4.78, 5) is 34.7. The van der Waals surface area contributed by atoms with Crippen LogP contribution in [0.5, 0.6) is 5.75 Å². The van der Waals surface area contributed by atoms with E-state index in [1.165, 1.54) is 31.3 Å². The molecule has 0 fully saturated rings. The predicted molar refractivity (Wildman–Crippen MR) is 70.2 cm³/mol. The van der Waals surface area contributed by atoms with Crippen molar-refractivity contribution < 1.29 is 23.9 Å². The zero-order valence-electron chi connectivity index (χ0n) is 11.3. The van der Waals surface area contributed by atoms with Gasteiger partial charge < -0.3 is 20.1 Å². The van der Waals surface area contributed by atoms with Gasteiger partial charge >= 0.3 is 18.0 Å². The number of urea groups is 1. The van der Waals surface area contributed by atoms with Crippen LogP contribution < -0.4 is 10.5 Å². The van der Waals surface area contributed by atoms with E-state index in [0.717, 1.165) is 4.90 Å². The molecule has 0 atom stereocenters. The summed E-state index contributed by atoms with van der Waals surface area (Å²) in [6.07, 6.45) is 0. The number of primary amides is 1. The van der Waals surface area contributed by atoms with E-state index in [4.69, 9.17) is 15.2 Å². The second kappa shape index (κ2) is 7.13. The van der Waals surface area contributed by atoms with Crippen molar-refractivity contribution in [3.8, 4) is 5.75 Å². The highest BCUT2D eigenvalue weighted by atomic mass is 16.5. The molecule has 0 aliphatic heterocycles. The summed E-state index contributed by atoms with van der Waals surface area (Å²) < 4.78 is 9.81. The Morgan fingerprint density at radius 2 is 1.80 bits per heavy atom. The molecule has 0 aliphatic carbocycles. The molecule has 0 aliphatic rings. The van der Waals surface area contributed by atoms with Crippen LogP contribution in [0, 0.1) is 0 Å². The molecule has 20 heavy (non-hydrogen) atoms. The molecule has 1 rings (SSSR count). The number of ether oxygens (including phenoxy) is 2. The second-order valence-electron chi connectivity index (χ2n) is 3.91. The van der Waals surface area contributed by atoms with Gasteiger partial charge in [0.05, 0.1) is 12.2 Å². The number of benzene rings is 1. The summed E-state index contributed by atoms with van der Waals surface area (Å²) in [7, 11) is 1.38. The van der Waals surface area contributed by atoms with Gasteiger partial charge in [-0.1, -0.05) is 0 Å². The lowest BCUT2D eigenvalue weighted by molar-refractivity contribution is -0.134. The van der Waals surface area contributed by atoms with Crippen molar-refractivity contribution in [2.24, 2.45) is 5.73 Å². The van der Waals surface area contributed by atoms with E-state index in [1.54, 1.807) is 6.92 Å². The highest BCUT2D eigenvalue weighted by Crippen LogP contribution is 2.13. The minimum atomic E-state index is -0.723. The number of rotatable bonds is 5. The topological polar surface area (TPSA) is 98.9 Å². The Morgan fingerprint density at radius 3 is 2.30 bits per heavy atom. The first-order valence-corrected chi connectivity index (χ1v) is 5.92. The molecular formula is C13H16N2O5. The Morgan fingerprint density at radius 1 is 1.20 bits per heavy atom. The number of carbonyl (C=O) groups is 3. The third-order valence-electron chi connectivity index (χ3n) is 2.34. The summed E-state index contributed by atoms with van der Waals surface area (Å²) in [5.74, 6) is -0.810. The first-order chi connectivity index (χ1) is 9.43. The monoisotopic (exact) mass is 280 g/mol. The number of hydrogen-bond donors (Lipinski definition) is 1. The second-order valence-corrected chi connectivity index (χ2v) is 3.91. The SMILES string of the molecule is CCOC(=O)c1ccc(OC(=O)CN(C)C(N)=O)cc1. The van der Waals surface area contributed by atoms with Crippen LogP contribution in [0.25, 0.3) is 0 Å². The Kier molecular flexibility index (Phi) is 5.52. The lowest BCUT2D eigenvalue weighted by Gasteiger charge is -2.12. The van der Waals surface area contributed by atoms with Gasteiger partial charge in [0.25, 0.3) is 0 Å². The summed E-state index contributed by atoms with van der Waals surface area (Å²) in [5, 5.41) is 0. The van der Waals surface area contributed by atoms with Crippen molar-refractivity contribution in [2.75, 3.05) is 20.2 Å². The van der Waals surface area contributed by atoms with Gasteiger partial charge in [-0.15, -0.1) is 0 Å². The maximum atomic E-state index is 11.5. The van der Waals surface area contributed by atoms with Gasteiger partial charge in [-0.2, -0.15) is 0 Å². The van der Waals surface area contributed by atoms with Gasteiger partial charge in [-0.25, -0.2) is 14.4 Å². The standard InChI is InChI=1S/C13H16N2O5/c1-3-19-12(17)9-4-6-10(7-5-9)20-11(16)8-15(2)13(14)18/h4-7H,3,8H2,1-2H3,(H2,14,18). The number of carbonyl (C=O) groups excluding carboxylic acids is 3. The van der Waals surface area contributed by atoms with Crippen LogP contribution in [0.4, 0.5) is 4.79 Å². The molecule has 7 heteroatoms. The zero-order valence-corrected chi connectivity index (χ0v) is 11.3. The normalized spacial score (nSPS) is 9.70. The van der Waals surface area contributed by atoms with Gasteiger partial charge in [0.2, 0.25) is 0 Å². The molecular weight excluding hydrogens is 264 g/mol. The maximum Gasteiger partial charge on any atom is 0.338 e. The van der Waals surface area contributed by atoms with Crippen LogP contribution in [-0.2, 0) is 9.53 Å². The van der Waals surface area contributed by atoms with Crippen molar-refractivity contribution in [1.82, 2.24) is 4.90 Å². The fourth-order valence-corrected chi connectivity index (χ4v) is 1.31. The Balaban J connectivity index is 2.59. The fourth-order valence-electron chi connectivity index (χ4n) is 1.31. The number of esters is 2. The summed E-state index contributed by atoms with van der Waals surface area (Å²) >= 11 is 0. The first kappa shape index (κ1) is 15.5. The van der Waals surface area contributed by atoms with Crippen LogP contribution in [0.2, 0.25) is 0 Å². The molecule has 0 radical (unpaired) electrons. The van der Waals surface area contributed by atoms with E-state index in [0.29, 0.717) is 5.56 Å². The minimum Gasteiger partial charge on any atom is -0.462 e. The molecule has 2 N–H and O–H groups in total. The molecule has 0 aromatic heterocycles. The molecule has 2 amide bonds. The summed E-state index contributed by atoms with van der Waals surface area (Å²) in [6.45, 7) is 1.74. The van der Waals surface area contributed by atoms with Gasteiger partial charge in [0.15, 0.2) is 0 Å². The molecule has 0 heterocycles. The average Bonchev–Trinajstić information content (AvgIpc) is 2.39. The Hall–Kier alpha value is -2.57. The molecule has 0 saturated carbocycles. The maximum absolute atomic E-state index is 11.5. The first-order valence-electron chi connectivity index (χ1n) is 5.92. The van der Waals surface area contributed by atoms with Crippen LogP contribution in [-0.4, -0.2) is 43.1 Å². The van der Waals surface area contributed by atoms with Crippen molar-refractivity contribution in [3.63, 3.8) is 0 Å². The molecule has 0 bridgehead atoms. The zero-order chi connectivity index (χ0) is 15.1. The van der Waals surface area contributed by atoms with Gasteiger partial charge in [0, 0.05) is 7.05 Å². The summed E-state index contributed by atoms with van der Waals surface area (Å²) in [6, 6.07) is 5.18. The number of hydrogen-bond acceptors (Lipinski definition) is 5. The quantitative estimate of drug-likeness (QED) is 0.634. The molecule has 108 valence electrons. The van der Waals surface area contributed by atoms with Gasteiger partial charge in [-0.3, -0.25) is 0 Å². The van der Waals surface area contributed by atoms with E-state index in [2.05, 4.69) is 0 Å². The van der Waals surface area contributed by atoms with Crippen LogP contribution in [0.1, 0.15) is 17.3 Å². The average molecular weight is 280 g/mol. The molecule has 7 nitrogen and oxygen atoms in total. The highest BCUT2D eigenvalue weighted by molar-refractivity contribution is 5.89. The lowest BCUT2D eigenvalue weighted by atomic mass is 10.2. The van der Waals surface area contributed by atoms with Crippen molar-refractivity contribution in [2.45, 2.75) is 6.92 Å². The highest BCUT2D eigenvalue weighted by Gasteiger charge is 2.12. The van der Waals surface area contributed by atoms with E-state index in [9.17, 15) is 14.4 Å². The van der Waals surface area contributed by atoms with Crippen molar-refractivity contribution in [1.29, 1.82) is 0 Å². The molecule has 1 aromatic carbocycles. The van der Waals surface area contributed by atoms with E-state index >= 15 is 0 Å². The number of nitrogens with zero attached hydrogens (tertiary/aromatic N) is 1. The molecule has 0 unspecified atom stereocenters. The van der Waals surface area contributed by atoms with E-state index in [-0.39, 0.29) is 18.9 Å². The molecule has 0 spiro atoms. The fraction of sp³-hybridized carbons (Fsp3) is 0.308. The number of nitrogens with two attached hydrogens (primary N) is 1. The van der Waals surface area contributed by atoms with Crippen LogP contribution in [0.15, 0.2) is 24.3 Å². The van der Waals surface area contributed by atoms with Gasteiger partial charge in [0.1, 0.15) is 12.3 Å². The summed E-state index contributed by atoms with van der Waals surface area (Å²) in [5.41, 5.74) is 5.35. The lowest BCUT2D eigenvalue weighted by Crippen LogP contribution is -2.37. The minimum absolute atomic E-state index is 0.255. The number of likely N-dealkylation sites (N-methyl/N-ethyl adjacent to an activating group) is 1.